The summed E-state index contributed by atoms with van der Waals surface area (Å²) in [5.74, 6) is 0.259. The zero-order valence-electron chi connectivity index (χ0n) is 24.2. The molecule has 1 aliphatic carbocycles. The Bertz CT molecular complexity index is 1380. The number of aliphatic hydroxyl groups excluding tert-OH is 1. The van der Waals surface area contributed by atoms with Crippen molar-refractivity contribution in [1.29, 1.82) is 0 Å². The van der Waals surface area contributed by atoms with Gasteiger partial charge in [-0.15, -0.1) is 13.2 Å². The number of rotatable bonds is 11. The number of aryl methyl sites for hydroxylation is 1. The van der Waals surface area contributed by atoms with Gasteiger partial charge in [0.25, 0.3) is 5.91 Å². The molecule has 0 aromatic heterocycles. The molecule has 4 atom stereocenters. The summed E-state index contributed by atoms with van der Waals surface area (Å²) in [6.45, 7) is 11.0. The average molecular weight is 616 g/mol. The van der Waals surface area contributed by atoms with Gasteiger partial charge in [0.2, 0.25) is 0 Å². The van der Waals surface area contributed by atoms with Crippen LogP contribution in [0.5, 0.6) is 5.75 Å². The van der Waals surface area contributed by atoms with Gasteiger partial charge in [-0.1, -0.05) is 36.7 Å². The highest BCUT2D eigenvalue weighted by Crippen LogP contribution is 2.40. The minimum absolute atomic E-state index is 0.126. The number of hydrogen-bond donors (Lipinski definition) is 3. The molecule has 1 saturated carbocycles. The molecule has 0 bridgehead atoms. The fourth-order valence-electron chi connectivity index (χ4n) is 5.74. The quantitative estimate of drug-likeness (QED) is 0.286. The lowest BCUT2D eigenvalue weighted by Crippen LogP contribution is -2.45. The topological polar surface area (TPSA) is 108 Å². The van der Waals surface area contributed by atoms with Gasteiger partial charge >= 0.3 is 10.2 Å². The van der Waals surface area contributed by atoms with Crippen molar-refractivity contribution in [2.24, 2.45) is 11.8 Å². The lowest BCUT2D eigenvalue weighted by molar-refractivity contribution is 0.0465. The zero-order valence-corrected chi connectivity index (χ0v) is 25.8. The maximum absolute atomic E-state index is 13.2. The largest absolute Gasteiger partial charge is 0.487 e. The van der Waals surface area contributed by atoms with Crippen LogP contribution in [0.25, 0.3) is 0 Å². The van der Waals surface area contributed by atoms with Crippen LogP contribution in [0.4, 0.5) is 5.69 Å². The Labute approximate surface area is 255 Å². The van der Waals surface area contributed by atoms with Gasteiger partial charge in [0.15, 0.2) is 0 Å². The Hall–Kier alpha value is -2.85. The van der Waals surface area contributed by atoms with Gasteiger partial charge in [-0.25, -0.2) is 4.72 Å². The van der Waals surface area contributed by atoms with Gasteiger partial charge in [-0.3, -0.25) is 4.79 Å². The van der Waals surface area contributed by atoms with Crippen LogP contribution in [0, 0.1) is 11.8 Å². The standard InChI is InChI=1S/C32H42ClN3O5S/c1-4-9-27(5-2)34-42(39,40)35-32(38)23-13-16-31-29(19-23)36(20-24-12-15-28(24)30(37)6-3)17-8-7-10-22-18-26(33)14-11-25(22)21-41-31/h4,6,11,13-14,16,18-19,24,27-28,30,34,37H,1,3,5,7-10,12,15,17,20-21H2,2H3,(H,35,38)/t24-,27?,28+,30-/m0/s1. The molecule has 1 aliphatic heterocycles. The van der Waals surface area contributed by atoms with E-state index < -0.39 is 22.2 Å². The molecule has 42 heavy (non-hydrogen) atoms. The molecule has 1 fully saturated rings. The van der Waals surface area contributed by atoms with Crippen LogP contribution in [0.3, 0.4) is 0 Å². The van der Waals surface area contributed by atoms with Gasteiger partial charge in [0.05, 0.1) is 11.8 Å². The first-order valence-electron chi connectivity index (χ1n) is 14.7. The highest BCUT2D eigenvalue weighted by atomic mass is 35.5. The maximum Gasteiger partial charge on any atom is 0.301 e. The summed E-state index contributed by atoms with van der Waals surface area (Å²) in [5.41, 5.74) is 3.14. The number of carbonyl (C=O) groups excluding carboxylic acids is 1. The summed E-state index contributed by atoms with van der Waals surface area (Å²) < 4.78 is 36.5. The van der Waals surface area contributed by atoms with Gasteiger partial charge < -0.3 is 14.7 Å². The minimum Gasteiger partial charge on any atom is -0.487 e. The van der Waals surface area contributed by atoms with Crippen LogP contribution < -0.4 is 19.1 Å². The van der Waals surface area contributed by atoms with Crippen molar-refractivity contribution in [1.82, 2.24) is 9.44 Å². The van der Waals surface area contributed by atoms with Crippen LogP contribution in [-0.2, 0) is 23.2 Å². The number of amides is 1. The predicted molar refractivity (Wildman–Crippen MR) is 168 cm³/mol. The highest BCUT2D eigenvalue weighted by Gasteiger charge is 2.36. The number of hydrogen-bond acceptors (Lipinski definition) is 6. The fraction of sp³-hybridized carbons (Fsp3) is 0.469. The molecular formula is C32H42ClN3O5S. The van der Waals surface area contributed by atoms with Crippen molar-refractivity contribution in [3.05, 3.63) is 83.4 Å². The Morgan fingerprint density at radius 1 is 1.19 bits per heavy atom. The molecule has 1 amide bonds. The normalized spacial score (nSPS) is 20.4. The van der Waals surface area contributed by atoms with Crippen LogP contribution in [0.1, 0.15) is 66.9 Å². The van der Waals surface area contributed by atoms with Crippen molar-refractivity contribution in [3.63, 3.8) is 0 Å². The van der Waals surface area contributed by atoms with Crippen molar-refractivity contribution in [2.45, 2.75) is 70.6 Å². The number of benzene rings is 2. The molecule has 3 N–H and O–H groups in total. The SMILES string of the molecule is C=CCC(CC)NS(=O)(=O)NC(=O)c1ccc2c(c1)N(C[C@@H]1CC[C@H]1[C@@H](O)C=C)CCCCc1cc(Cl)ccc1CO2. The second-order valence-electron chi connectivity index (χ2n) is 11.2. The third-order valence-corrected chi connectivity index (χ3v) is 9.67. The van der Waals surface area contributed by atoms with Crippen LogP contribution in [0.2, 0.25) is 5.02 Å². The smallest absolute Gasteiger partial charge is 0.301 e. The van der Waals surface area contributed by atoms with Gasteiger partial charge in [-0.05, 0) is 98.2 Å². The number of fused-ring (bicyclic) bond motifs is 2. The van der Waals surface area contributed by atoms with E-state index in [0.29, 0.717) is 43.3 Å². The van der Waals surface area contributed by atoms with Crippen LogP contribution in [-0.4, -0.2) is 44.7 Å². The molecule has 1 unspecified atom stereocenters. The maximum atomic E-state index is 13.2. The Morgan fingerprint density at radius 3 is 2.69 bits per heavy atom. The fourth-order valence-corrected chi connectivity index (χ4v) is 7.05. The van der Waals surface area contributed by atoms with Crippen LogP contribution in [0.15, 0.2) is 61.7 Å². The van der Waals surface area contributed by atoms with E-state index in [-0.39, 0.29) is 23.4 Å². The molecular weight excluding hydrogens is 574 g/mol. The molecule has 8 nitrogen and oxygen atoms in total. The summed E-state index contributed by atoms with van der Waals surface area (Å²) in [5, 5.41) is 11.2. The lowest BCUT2D eigenvalue weighted by atomic mass is 9.70. The van der Waals surface area contributed by atoms with E-state index >= 15 is 0 Å². The molecule has 2 aliphatic rings. The predicted octanol–water partition coefficient (Wildman–Crippen LogP) is 5.55. The average Bonchev–Trinajstić information content (AvgIpc) is 2.97. The molecule has 0 saturated heterocycles. The summed E-state index contributed by atoms with van der Waals surface area (Å²) in [6.07, 6.45) is 8.31. The first-order chi connectivity index (χ1) is 20.1. The molecule has 2 aromatic rings. The molecule has 4 rings (SSSR count). The lowest BCUT2D eigenvalue weighted by Gasteiger charge is -2.42. The monoisotopic (exact) mass is 615 g/mol. The van der Waals surface area contributed by atoms with E-state index in [0.717, 1.165) is 48.9 Å². The summed E-state index contributed by atoms with van der Waals surface area (Å²) >= 11 is 6.29. The number of nitrogens with zero attached hydrogens (tertiary/aromatic N) is 1. The minimum atomic E-state index is -4.09. The zero-order chi connectivity index (χ0) is 30.3. The first-order valence-corrected chi connectivity index (χ1v) is 16.5. The van der Waals surface area contributed by atoms with Crippen LogP contribution >= 0.6 is 11.6 Å². The highest BCUT2D eigenvalue weighted by molar-refractivity contribution is 7.88. The third kappa shape index (κ3) is 8.16. The molecule has 0 radical (unpaired) electrons. The number of aliphatic hydroxyl groups is 1. The van der Waals surface area contributed by atoms with E-state index in [1.165, 1.54) is 0 Å². The second kappa shape index (κ2) is 14.6. The van der Waals surface area contributed by atoms with Gasteiger partial charge in [0, 0.05) is 29.7 Å². The second-order valence-corrected chi connectivity index (χ2v) is 13.1. The summed E-state index contributed by atoms with van der Waals surface area (Å²) in [4.78, 5) is 15.4. The first kappa shape index (κ1) is 32.1. The van der Waals surface area contributed by atoms with Crippen molar-refractivity contribution < 1.29 is 23.1 Å². The van der Waals surface area contributed by atoms with E-state index in [1.54, 1.807) is 30.4 Å². The number of nitrogens with one attached hydrogen (secondary N) is 2. The molecule has 1 heterocycles. The summed E-state index contributed by atoms with van der Waals surface area (Å²) in [6, 6.07) is 10.5. The van der Waals surface area contributed by atoms with E-state index in [9.17, 15) is 18.3 Å². The Kier molecular flexibility index (Phi) is 11.1. The molecule has 0 spiro atoms. The number of ether oxygens (including phenoxy) is 1. The van der Waals surface area contributed by atoms with E-state index in [4.69, 9.17) is 16.3 Å². The molecule has 2 aromatic carbocycles. The summed E-state index contributed by atoms with van der Waals surface area (Å²) in [7, 11) is -4.09. The van der Waals surface area contributed by atoms with Crippen molar-refractivity contribution >= 4 is 33.4 Å². The molecule has 228 valence electrons. The molecule has 10 heteroatoms. The third-order valence-electron chi connectivity index (χ3n) is 8.34. The Morgan fingerprint density at radius 2 is 2.00 bits per heavy atom. The number of carbonyl (C=O) groups is 1. The number of halogens is 1. The van der Waals surface area contributed by atoms with Crippen molar-refractivity contribution in [3.8, 4) is 5.75 Å². The van der Waals surface area contributed by atoms with Gasteiger partial charge in [0.1, 0.15) is 12.4 Å². The Balaban J connectivity index is 1.64. The van der Waals surface area contributed by atoms with E-state index in [2.05, 4.69) is 27.5 Å². The van der Waals surface area contributed by atoms with Gasteiger partial charge in [-0.2, -0.15) is 13.1 Å². The van der Waals surface area contributed by atoms with Crippen molar-refractivity contribution in [2.75, 3.05) is 18.0 Å². The van der Waals surface area contributed by atoms with E-state index in [1.807, 2.05) is 25.1 Å². The number of anilines is 1.